The first kappa shape index (κ1) is 18.6. The highest BCUT2D eigenvalue weighted by molar-refractivity contribution is 7.89. The van der Waals surface area contributed by atoms with Crippen LogP contribution in [-0.2, 0) is 14.8 Å². The third kappa shape index (κ3) is 3.81. The lowest BCUT2D eigenvalue weighted by Crippen LogP contribution is -2.43. The molecule has 0 saturated carbocycles. The maximum atomic E-state index is 12.8. The summed E-state index contributed by atoms with van der Waals surface area (Å²) in [4.78, 5) is 13.0. The summed E-state index contributed by atoms with van der Waals surface area (Å²) in [7, 11) is -3.56. The van der Waals surface area contributed by atoms with Crippen LogP contribution in [0.3, 0.4) is 0 Å². The Morgan fingerprint density at radius 2 is 1.69 bits per heavy atom. The van der Waals surface area contributed by atoms with E-state index in [4.69, 9.17) is 0 Å². The number of hydrogen-bond acceptors (Lipinski definition) is 3. The number of piperidine rings is 1. The number of sulfonamides is 1. The molecule has 1 heterocycles. The van der Waals surface area contributed by atoms with Crippen molar-refractivity contribution in [1.29, 1.82) is 0 Å². The number of aryl methyl sites for hydroxylation is 2. The standard InChI is InChI=1S/C20H24N2O3S/c1-15-8-6-9-16(2)19(15)21-20(23)17-10-7-13-22(14-17)26(24,25)18-11-4-3-5-12-18/h3-6,8-9,11-12,17H,7,10,13-14H2,1-2H3,(H,21,23)/t17-/m1/s1. The van der Waals surface area contributed by atoms with Crippen molar-refractivity contribution in [2.75, 3.05) is 18.4 Å². The molecule has 1 atom stereocenters. The van der Waals surface area contributed by atoms with Crippen molar-refractivity contribution in [3.05, 3.63) is 59.7 Å². The monoisotopic (exact) mass is 372 g/mol. The van der Waals surface area contributed by atoms with E-state index in [1.807, 2.05) is 32.0 Å². The summed E-state index contributed by atoms with van der Waals surface area (Å²) in [6.45, 7) is 4.57. The maximum Gasteiger partial charge on any atom is 0.243 e. The van der Waals surface area contributed by atoms with E-state index in [-0.39, 0.29) is 23.3 Å². The smallest absolute Gasteiger partial charge is 0.243 e. The fourth-order valence-corrected chi connectivity index (χ4v) is 4.90. The second-order valence-electron chi connectivity index (χ2n) is 6.77. The molecule has 3 rings (SSSR count). The number of amides is 1. The van der Waals surface area contributed by atoms with Crippen LogP contribution in [0.25, 0.3) is 0 Å². The Balaban J connectivity index is 1.75. The van der Waals surface area contributed by atoms with Gasteiger partial charge in [-0.25, -0.2) is 8.42 Å². The van der Waals surface area contributed by atoms with E-state index in [1.165, 1.54) is 4.31 Å². The van der Waals surface area contributed by atoms with Crippen molar-refractivity contribution >= 4 is 21.6 Å². The molecule has 1 aliphatic heterocycles. The van der Waals surface area contributed by atoms with E-state index < -0.39 is 10.0 Å². The lowest BCUT2D eigenvalue weighted by Gasteiger charge is -2.31. The van der Waals surface area contributed by atoms with Gasteiger partial charge in [-0.15, -0.1) is 0 Å². The molecule has 1 amide bonds. The topological polar surface area (TPSA) is 66.5 Å². The number of carbonyl (C=O) groups is 1. The zero-order chi connectivity index (χ0) is 18.7. The average molecular weight is 372 g/mol. The number of nitrogens with one attached hydrogen (secondary N) is 1. The van der Waals surface area contributed by atoms with Crippen LogP contribution in [0, 0.1) is 19.8 Å². The molecule has 0 radical (unpaired) electrons. The lowest BCUT2D eigenvalue weighted by molar-refractivity contribution is -0.120. The maximum absolute atomic E-state index is 12.8. The first-order valence-electron chi connectivity index (χ1n) is 8.82. The minimum atomic E-state index is -3.56. The Hall–Kier alpha value is -2.18. The number of hydrogen-bond donors (Lipinski definition) is 1. The van der Waals surface area contributed by atoms with Crippen LogP contribution in [0.1, 0.15) is 24.0 Å². The Kier molecular flexibility index (Phi) is 5.44. The number of para-hydroxylation sites is 1. The van der Waals surface area contributed by atoms with Gasteiger partial charge in [-0.1, -0.05) is 36.4 Å². The van der Waals surface area contributed by atoms with Crippen molar-refractivity contribution in [2.24, 2.45) is 5.92 Å². The van der Waals surface area contributed by atoms with Gasteiger partial charge in [0, 0.05) is 18.8 Å². The summed E-state index contributed by atoms with van der Waals surface area (Å²) in [5.41, 5.74) is 2.83. The molecular formula is C20H24N2O3S. The molecule has 2 aromatic carbocycles. The highest BCUT2D eigenvalue weighted by Crippen LogP contribution is 2.26. The Labute approximate surface area is 155 Å². The van der Waals surface area contributed by atoms with E-state index in [2.05, 4.69) is 5.32 Å². The molecule has 1 fully saturated rings. The SMILES string of the molecule is Cc1cccc(C)c1NC(=O)[C@@H]1CCCN(S(=O)(=O)c2ccccc2)C1. The molecule has 0 spiro atoms. The van der Waals surface area contributed by atoms with Gasteiger partial charge in [0.25, 0.3) is 0 Å². The third-order valence-electron chi connectivity index (χ3n) is 4.87. The summed E-state index contributed by atoms with van der Waals surface area (Å²) < 4.78 is 27.1. The molecule has 0 aromatic heterocycles. The quantitative estimate of drug-likeness (QED) is 0.895. The summed E-state index contributed by atoms with van der Waals surface area (Å²) in [6.07, 6.45) is 1.37. The number of anilines is 1. The van der Waals surface area contributed by atoms with E-state index in [0.717, 1.165) is 16.8 Å². The molecule has 0 bridgehead atoms. The fourth-order valence-electron chi connectivity index (χ4n) is 3.35. The molecule has 0 unspecified atom stereocenters. The van der Waals surface area contributed by atoms with Gasteiger partial charge in [0.15, 0.2) is 0 Å². The van der Waals surface area contributed by atoms with E-state index in [9.17, 15) is 13.2 Å². The molecular weight excluding hydrogens is 348 g/mol. The minimum Gasteiger partial charge on any atom is -0.325 e. The van der Waals surface area contributed by atoms with Crippen molar-refractivity contribution in [3.8, 4) is 0 Å². The van der Waals surface area contributed by atoms with Crippen LogP contribution in [0.5, 0.6) is 0 Å². The van der Waals surface area contributed by atoms with Crippen LogP contribution in [-0.4, -0.2) is 31.7 Å². The highest BCUT2D eigenvalue weighted by Gasteiger charge is 2.33. The van der Waals surface area contributed by atoms with Crippen LogP contribution < -0.4 is 5.32 Å². The number of nitrogens with zero attached hydrogens (tertiary/aromatic N) is 1. The molecule has 1 saturated heterocycles. The number of rotatable bonds is 4. The van der Waals surface area contributed by atoms with E-state index >= 15 is 0 Å². The second-order valence-corrected chi connectivity index (χ2v) is 8.71. The summed E-state index contributed by atoms with van der Waals surface area (Å²) in [6, 6.07) is 14.3. The Morgan fingerprint density at radius 3 is 2.35 bits per heavy atom. The van der Waals surface area contributed by atoms with Gasteiger partial charge in [0.2, 0.25) is 15.9 Å². The summed E-state index contributed by atoms with van der Waals surface area (Å²) in [5.74, 6) is -0.461. The second kappa shape index (κ2) is 7.60. The Bertz CT molecular complexity index is 874. The van der Waals surface area contributed by atoms with Crippen molar-refractivity contribution in [2.45, 2.75) is 31.6 Å². The van der Waals surface area contributed by atoms with E-state index in [1.54, 1.807) is 30.3 Å². The van der Waals surface area contributed by atoms with Crippen LogP contribution in [0.15, 0.2) is 53.4 Å². The van der Waals surface area contributed by atoms with Gasteiger partial charge >= 0.3 is 0 Å². The summed E-state index contributed by atoms with van der Waals surface area (Å²) >= 11 is 0. The van der Waals surface area contributed by atoms with Gasteiger partial charge < -0.3 is 5.32 Å². The van der Waals surface area contributed by atoms with Gasteiger partial charge in [0.1, 0.15) is 0 Å². The van der Waals surface area contributed by atoms with Gasteiger partial charge in [-0.05, 0) is 49.9 Å². The average Bonchev–Trinajstić information content (AvgIpc) is 2.65. The van der Waals surface area contributed by atoms with Crippen molar-refractivity contribution < 1.29 is 13.2 Å². The predicted molar refractivity (Wildman–Crippen MR) is 102 cm³/mol. The Morgan fingerprint density at radius 1 is 1.04 bits per heavy atom. The van der Waals surface area contributed by atoms with Crippen molar-refractivity contribution in [1.82, 2.24) is 4.31 Å². The van der Waals surface area contributed by atoms with Crippen LogP contribution >= 0.6 is 0 Å². The zero-order valence-electron chi connectivity index (χ0n) is 15.1. The summed E-state index contributed by atoms with van der Waals surface area (Å²) in [5, 5.41) is 3.00. The van der Waals surface area contributed by atoms with Gasteiger partial charge in [-0.3, -0.25) is 4.79 Å². The highest BCUT2D eigenvalue weighted by atomic mass is 32.2. The zero-order valence-corrected chi connectivity index (χ0v) is 15.9. The molecule has 0 aliphatic carbocycles. The van der Waals surface area contributed by atoms with Crippen LogP contribution in [0.2, 0.25) is 0 Å². The molecule has 26 heavy (non-hydrogen) atoms. The lowest BCUT2D eigenvalue weighted by atomic mass is 9.98. The molecule has 2 aromatic rings. The molecule has 138 valence electrons. The van der Waals surface area contributed by atoms with Gasteiger partial charge in [0.05, 0.1) is 10.8 Å². The van der Waals surface area contributed by atoms with Crippen molar-refractivity contribution in [3.63, 3.8) is 0 Å². The van der Waals surface area contributed by atoms with Crippen LogP contribution in [0.4, 0.5) is 5.69 Å². The normalized spacial score (nSPS) is 18.5. The van der Waals surface area contributed by atoms with E-state index in [0.29, 0.717) is 19.4 Å². The minimum absolute atomic E-state index is 0.115. The fraction of sp³-hybridized carbons (Fsp3) is 0.350. The molecule has 1 aliphatic rings. The predicted octanol–water partition coefficient (Wildman–Crippen LogP) is 3.34. The first-order valence-corrected chi connectivity index (χ1v) is 10.3. The third-order valence-corrected chi connectivity index (χ3v) is 6.74. The first-order chi connectivity index (χ1) is 12.4. The van der Waals surface area contributed by atoms with Gasteiger partial charge in [-0.2, -0.15) is 4.31 Å². The number of benzene rings is 2. The largest absolute Gasteiger partial charge is 0.325 e. The molecule has 6 heteroatoms. The molecule has 5 nitrogen and oxygen atoms in total. The molecule has 1 N–H and O–H groups in total. The number of carbonyl (C=O) groups excluding carboxylic acids is 1.